The smallest absolute Gasteiger partial charge is 0.210 e. The van der Waals surface area contributed by atoms with E-state index in [9.17, 15) is 8.42 Å². The predicted molar refractivity (Wildman–Crippen MR) is 91.5 cm³/mol. The van der Waals surface area contributed by atoms with E-state index in [1.54, 1.807) is 17.3 Å². The molecule has 0 aromatic heterocycles. The Hall–Kier alpha value is -0.990. The van der Waals surface area contributed by atoms with Gasteiger partial charge in [-0.1, -0.05) is 32.0 Å². The third kappa shape index (κ3) is 3.59. The molecule has 23 heavy (non-hydrogen) atoms. The van der Waals surface area contributed by atoms with Crippen LogP contribution < -0.4 is 5.53 Å². The maximum absolute atomic E-state index is 13.3. The van der Waals surface area contributed by atoms with E-state index in [0.29, 0.717) is 11.6 Å². The van der Waals surface area contributed by atoms with Crippen LogP contribution >= 0.6 is 0 Å². The number of benzene rings is 1. The van der Waals surface area contributed by atoms with Crippen LogP contribution in [0.2, 0.25) is 0 Å². The lowest BCUT2D eigenvalue weighted by molar-refractivity contribution is 0.00449. The van der Waals surface area contributed by atoms with Gasteiger partial charge in [-0.2, -0.15) is 5.53 Å². The van der Waals surface area contributed by atoms with Gasteiger partial charge in [0.1, 0.15) is 0 Å². The van der Waals surface area contributed by atoms with Crippen LogP contribution in [-0.4, -0.2) is 41.7 Å². The lowest BCUT2D eigenvalue weighted by Crippen LogP contribution is -2.50. The fourth-order valence-electron chi connectivity index (χ4n) is 2.56. The Labute approximate surface area is 140 Å². The highest BCUT2D eigenvalue weighted by Gasteiger charge is 2.40. The summed E-state index contributed by atoms with van der Waals surface area (Å²) >= 11 is 0. The minimum atomic E-state index is -3.62. The molecule has 1 aliphatic rings. The van der Waals surface area contributed by atoms with Crippen LogP contribution in [0.15, 0.2) is 29.2 Å². The van der Waals surface area contributed by atoms with Crippen LogP contribution in [0, 0.1) is 0 Å². The molecule has 2 rings (SSSR count). The Balaban J connectivity index is 2.46. The van der Waals surface area contributed by atoms with Crippen molar-refractivity contribution < 1.29 is 8.42 Å². The molecule has 6 nitrogen and oxygen atoms in total. The molecule has 1 heterocycles. The summed E-state index contributed by atoms with van der Waals surface area (Å²) in [6, 6.07) is 7.46. The largest absolute Gasteiger partial charge is 0.258 e. The maximum atomic E-state index is 13.3. The van der Waals surface area contributed by atoms with Crippen molar-refractivity contribution in [2.75, 3.05) is 6.67 Å². The molecule has 1 N–H and O–H groups in total. The lowest BCUT2D eigenvalue weighted by atomic mass is 10.0. The van der Waals surface area contributed by atoms with Crippen molar-refractivity contribution >= 4 is 10.0 Å². The van der Waals surface area contributed by atoms with Crippen molar-refractivity contribution in [2.24, 2.45) is 0 Å². The summed E-state index contributed by atoms with van der Waals surface area (Å²) in [6.07, 6.45) is 0. The van der Waals surface area contributed by atoms with Gasteiger partial charge in [0.05, 0.1) is 11.6 Å². The Kier molecular flexibility index (Phi) is 5.48. The predicted octanol–water partition coefficient (Wildman–Crippen LogP) is 2.53. The molecule has 1 aromatic carbocycles. The number of rotatable bonds is 5. The molecule has 0 bridgehead atoms. The summed E-state index contributed by atoms with van der Waals surface area (Å²) in [6.45, 7) is 12.3. The molecule has 7 heteroatoms. The Bertz CT molecular complexity index is 643. The molecule has 1 aromatic rings. The van der Waals surface area contributed by atoms with Gasteiger partial charge in [-0.05, 0) is 45.2 Å². The van der Waals surface area contributed by atoms with Crippen molar-refractivity contribution in [1.82, 2.24) is 20.1 Å². The molecule has 0 amide bonds. The van der Waals surface area contributed by atoms with Gasteiger partial charge in [-0.3, -0.25) is 0 Å². The van der Waals surface area contributed by atoms with Gasteiger partial charge in [0.25, 0.3) is 10.0 Å². The molecular formula is C16H28N4O2S. The zero-order chi connectivity index (χ0) is 17.4. The van der Waals surface area contributed by atoms with Crippen LogP contribution in [0.3, 0.4) is 0 Å². The molecule has 0 saturated carbocycles. The van der Waals surface area contributed by atoms with Crippen LogP contribution in [-0.2, 0) is 10.0 Å². The molecule has 1 saturated heterocycles. The summed E-state index contributed by atoms with van der Waals surface area (Å²) in [5.74, 6) is 0.144. The second-order valence-electron chi connectivity index (χ2n) is 6.76. The summed E-state index contributed by atoms with van der Waals surface area (Å²) in [5, 5.41) is 3.60. The topological polar surface area (TPSA) is 55.9 Å². The summed E-state index contributed by atoms with van der Waals surface area (Å²) in [4.78, 5) is 0.382. The van der Waals surface area contributed by atoms with E-state index in [2.05, 4.69) is 5.53 Å². The first-order valence-corrected chi connectivity index (χ1v) is 9.54. The SMILES string of the molecule is CC(C)c1ccccc1S(=O)(=O)N1CN(C(C)C)NN1C(C)C. The molecule has 0 aliphatic carbocycles. The molecule has 0 spiro atoms. The number of nitrogens with one attached hydrogen (secondary N) is 1. The summed E-state index contributed by atoms with van der Waals surface area (Å²) in [7, 11) is -3.62. The van der Waals surface area contributed by atoms with Crippen LogP contribution in [0.1, 0.15) is 53.0 Å². The third-order valence-electron chi connectivity index (χ3n) is 3.95. The first-order valence-electron chi connectivity index (χ1n) is 8.10. The van der Waals surface area contributed by atoms with Gasteiger partial charge in [0.15, 0.2) is 0 Å². The van der Waals surface area contributed by atoms with E-state index in [4.69, 9.17) is 0 Å². The average molecular weight is 340 g/mol. The van der Waals surface area contributed by atoms with Crippen molar-refractivity contribution in [3.05, 3.63) is 29.8 Å². The number of hydrogen-bond acceptors (Lipinski definition) is 5. The Morgan fingerprint density at radius 2 is 1.61 bits per heavy atom. The van der Waals surface area contributed by atoms with Gasteiger partial charge in [-0.15, -0.1) is 9.53 Å². The Morgan fingerprint density at radius 1 is 1.00 bits per heavy atom. The monoisotopic (exact) mass is 340 g/mol. The van der Waals surface area contributed by atoms with Crippen molar-refractivity contribution in [1.29, 1.82) is 0 Å². The normalized spacial score (nSPS) is 18.7. The number of hydrogen-bond donors (Lipinski definition) is 1. The number of hydrazine groups is 3. The van der Waals surface area contributed by atoms with E-state index < -0.39 is 10.0 Å². The van der Waals surface area contributed by atoms with Crippen LogP contribution in [0.4, 0.5) is 0 Å². The third-order valence-corrected chi connectivity index (χ3v) is 5.73. The maximum Gasteiger partial charge on any atom is 0.258 e. The summed E-state index contributed by atoms with van der Waals surface area (Å²) < 4.78 is 28.0. The van der Waals surface area contributed by atoms with Crippen molar-refractivity contribution in [3.8, 4) is 0 Å². The summed E-state index contributed by atoms with van der Waals surface area (Å²) in [5.41, 5.74) is 4.02. The van der Waals surface area contributed by atoms with Crippen LogP contribution in [0.5, 0.6) is 0 Å². The molecule has 1 aliphatic heterocycles. The number of nitrogens with zero attached hydrogens (tertiary/aromatic N) is 3. The first kappa shape index (κ1) is 18.4. The highest BCUT2D eigenvalue weighted by molar-refractivity contribution is 7.89. The molecule has 0 radical (unpaired) electrons. The molecular weight excluding hydrogens is 312 g/mol. The molecule has 1 fully saturated rings. The van der Waals surface area contributed by atoms with Crippen LogP contribution in [0.25, 0.3) is 0 Å². The number of sulfonamides is 1. The minimum absolute atomic E-state index is 0.0136. The van der Waals surface area contributed by atoms with E-state index in [0.717, 1.165) is 5.56 Å². The molecule has 130 valence electrons. The van der Waals surface area contributed by atoms with E-state index >= 15 is 0 Å². The van der Waals surface area contributed by atoms with Gasteiger partial charge in [-0.25, -0.2) is 13.4 Å². The first-order chi connectivity index (χ1) is 10.7. The van der Waals surface area contributed by atoms with Crippen molar-refractivity contribution in [2.45, 2.75) is 64.4 Å². The molecule has 0 unspecified atom stereocenters. The van der Waals surface area contributed by atoms with E-state index in [-0.39, 0.29) is 18.0 Å². The highest BCUT2D eigenvalue weighted by Crippen LogP contribution is 2.29. The van der Waals surface area contributed by atoms with Gasteiger partial charge >= 0.3 is 0 Å². The fraction of sp³-hybridized carbons (Fsp3) is 0.625. The van der Waals surface area contributed by atoms with Crippen molar-refractivity contribution in [3.63, 3.8) is 0 Å². The zero-order valence-electron chi connectivity index (χ0n) is 14.8. The quantitative estimate of drug-likeness (QED) is 0.893. The minimum Gasteiger partial charge on any atom is -0.210 e. The molecule has 0 atom stereocenters. The van der Waals surface area contributed by atoms with E-state index in [1.807, 2.05) is 58.7 Å². The zero-order valence-corrected chi connectivity index (χ0v) is 15.6. The highest BCUT2D eigenvalue weighted by atomic mass is 32.2. The van der Waals surface area contributed by atoms with Gasteiger partial charge in [0, 0.05) is 12.1 Å². The lowest BCUT2D eigenvalue weighted by Gasteiger charge is -2.29. The average Bonchev–Trinajstić information content (AvgIpc) is 2.93. The standard InChI is InChI=1S/C16H28N4O2S/c1-12(2)15-9-7-8-10-16(15)23(21,22)19-11-18(13(3)4)17-20(19)14(5)6/h7-10,12-14,17H,11H2,1-6H3. The Morgan fingerprint density at radius 3 is 2.13 bits per heavy atom. The van der Waals surface area contributed by atoms with E-state index in [1.165, 1.54) is 4.41 Å². The van der Waals surface area contributed by atoms with Gasteiger partial charge < -0.3 is 0 Å². The second-order valence-corrected chi connectivity index (χ2v) is 8.57. The van der Waals surface area contributed by atoms with Gasteiger partial charge in [0.2, 0.25) is 0 Å². The second kappa shape index (κ2) is 6.86. The fourth-order valence-corrected chi connectivity index (χ4v) is 4.37.